The molecule has 5 aliphatic rings. The highest BCUT2D eigenvalue weighted by atomic mass is 16.5. The predicted octanol–water partition coefficient (Wildman–Crippen LogP) is 6.15. The highest BCUT2D eigenvalue weighted by Crippen LogP contribution is 2.43. The molecule has 2 saturated carbocycles. The Morgan fingerprint density at radius 1 is 0.946 bits per heavy atom. The average Bonchev–Trinajstić information content (AvgIpc) is 3.38. The van der Waals surface area contributed by atoms with Crippen LogP contribution in [-0.4, -0.2) is 43.1 Å². The third-order valence-corrected chi connectivity index (χ3v) is 9.81. The fraction of sp³-hybridized carbons (Fsp3) is 0.688. The predicted molar refractivity (Wildman–Crippen MR) is 149 cm³/mol. The zero-order chi connectivity index (χ0) is 25.0. The Labute approximate surface area is 222 Å². The van der Waals surface area contributed by atoms with Crippen molar-refractivity contribution in [3.63, 3.8) is 0 Å². The Balaban J connectivity index is 1.10. The van der Waals surface area contributed by atoms with Crippen molar-refractivity contribution in [2.45, 2.75) is 114 Å². The summed E-state index contributed by atoms with van der Waals surface area (Å²) in [6.07, 6.45) is 23.9. The average molecular weight is 504 g/mol. The van der Waals surface area contributed by atoms with Crippen LogP contribution in [0, 0.1) is 17.8 Å². The Hall–Kier alpha value is -1.98. The molecule has 0 radical (unpaired) electrons. The maximum atomic E-state index is 12.8. The van der Waals surface area contributed by atoms with Gasteiger partial charge in [0.1, 0.15) is 6.17 Å². The van der Waals surface area contributed by atoms with Crippen LogP contribution < -0.4 is 10.6 Å². The minimum atomic E-state index is 0.0799. The standard InChI is InChI=1S/C32H45N3O2/c36-32(35-25-9-3-1-4-10-25)23-17-15-22(16-18-23)29-21-34-31-28(29)19-24(20-33-31)27-13-7-8-14-30(27)37-26-11-5-2-6-12-26/h7,13,15-18,20,24-31,34H,1-6,8-12,14,19,21H2,(H,35,36). The van der Waals surface area contributed by atoms with E-state index in [0.717, 1.165) is 44.2 Å². The van der Waals surface area contributed by atoms with Gasteiger partial charge in [-0.25, -0.2) is 0 Å². The summed E-state index contributed by atoms with van der Waals surface area (Å²) >= 11 is 0. The quantitative estimate of drug-likeness (QED) is 0.458. The SMILES string of the molecule is O=C(NC1CCCCC1)c1ccc(C2CNC3N=CC(C4C=CCCC4OC4CCCCC4)CC32)cc1. The summed E-state index contributed by atoms with van der Waals surface area (Å²) in [5.41, 5.74) is 2.12. The molecule has 200 valence electrons. The molecule has 1 aromatic rings. The van der Waals surface area contributed by atoms with E-state index >= 15 is 0 Å². The van der Waals surface area contributed by atoms with Gasteiger partial charge in [-0.2, -0.15) is 0 Å². The lowest BCUT2D eigenvalue weighted by Gasteiger charge is -2.39. The van der Waals surface area contributed by atoms with E-state index in [1.165, 1.54) is 56.9 Å². The monoisotopic (exact) mass is 503 g/mol. The fourth-order valence-corrected chi connectivity index (χ4v) is 7.68. The highest BCUT2D eigenvalue weighted by Gasteiger charge is 2.43. The first-order valence-corrected chi connectivity index (χ1v) is 15.2. The van der Waals surface area contributed by atoms with Crippen molar-refractivity contribution in [1.82, 2.24) is 10.6 Å². The second-order valence-corrected chi connectivity index (χ2v) is 12.3. The number of aliphatic imine (C=N–C) groups is 1. The normalized spacial score (nSPS) is 34.8. The van der Waals surface area contributed by atoms with Crippen LogP contribution in [0.5, 0.6) is 0 Å². The molecule has 2 aliphatic heterocycles. The van der Waals surface area contributed by atoms with Crippen LogP contribution in [0.4, 0.5) is 0 Å². The van der Waals surface area contributed by atoms with Gasteiger partial charge in [0.2, 0.25) is 0 Å². The molecule has 2 heterocycles. The van der Waals surface area contributed by atoms with E-state index in [9.17, 15) is 4.79 Å². The van der Waals surface area contributed by atoms with Crippen molar-refractivity contribution in [2.24, 2.45) is 22.7 Å². The van der Waals surface area contributed by atoms with Crippen molar-refractivity contribution in [3.05, 3.63) is 47.5 Å². The number of hydrogen-bond acceptors (Lipinski definition) is 4. The zero-order valence-corrected chi connectivity index (χ0v) is 22.3. The number of rotatable bonds is 6. The second kappa shape index (κ2) is 11.8. The Morgan fingerprint density at radius 3 is 2.49 bits per heavy atom. The Kier molecular flexibility index (Phi) is 8.08. The van der Waals surface area contributed by atoms with Gasteiger partial charge < -0.3 is 10.1 Å². The number of carbonyl (C=O) groups is 1. The smallest absolute Gasteiger partial charge is 0.251 e. The van der Waals surface area contributed by atoms with Crippen molar-refractivity contribution < 1.29 is 9.53 Å². The first kappa shape index (κ1) is 25.3. The van der Waals surface area contributed by atoms with Gasteiger partial charge in [-0.3, -0.25) is 15.1 Å². The molecule has 0 bridgehead atoms. The molecule has 6 atom stereocenters. The molecule has 1 aromatic carbocycles. The van der Waals surface area contributed by atoms with Crippen LogP contribution in [0.2, 0.25) is 0 Å². The number of ether oxygens (including phenoxy) is 1. The molecular weight excluding hydrogens is 458 g/mol. The molecule has 6 unspecified atom stereocenters. The summed E-state index contributed by atoms with van der Waals surface area (Å²) in [4.78, 5) is 17.8. The van der Waals surface area contributed by atoms with E-state index < -0.39 is 0 Å². The molecule has 2 N–H and O–H groups in total. The molecule has 5 nitrogen and oxygen atoms in total. The Bertz CT molecular complexity index is 961. The van der Waals surface area contributed by atoms with Crippen molar-refractivity contribution >= 4 is 12.1 Å². The number of hydrogen-bond donors (Lipinski definition) is 2. The van der Waals surface area contributed by atoms with Gasteiger partial charge in [0, 0.05) is 48.0 Å². The number of nitrogens with one attached hydrogen (secondary N) is 2. The Morgan fingerprint density at radius 2 is 1.70 bits per heavy atom. The van der Waals surface area contributed by atoms with Crippen molar-refractivity contribution in [2.75, 3.05) is 6.54 Å². The van der Waals surface area contributed by atoms with Crippen molar-refractivity contribution in [3.8, 4) is 0 Å². The summed E-state index contributed by atoms with van der Waals surface area (Å²) in [5.74, 6) is 1.88. The maximum absolute atomic E-state index is 12.8. The van der Waals surface area contributed by atoms with E-state index in [-0.39, 0.29) is 12.1 Å². The van der Waals surface area contributed by atoms with Crippen molar-refractivity contribution in [1.29, 1.82) is 0 Å². The third kappa shape index (κ3) is 5.88. The molecule has 5 heteroatoms. The van der Waals surface area contributed by atoms with Crippen LogP contribution in [0.3, 0.4) is 0 Å². The molecule has 1 saturated heterocycles. The van der Waals surface area contributed by atoms with Gasteiger partial charge in [-0.05, 0) is 62.6 Å². The first-order valence-electron chi connectivity index (χ1n) is 15.2. The minimum Gasteiger partial charge on any atom is -0.374 e. The molecule has 37 heavy (non-hydrogen) atoms. The molecular formula is C32H45N3O2. The first-order chi connectivity index (χ1) is 18.2. The van der Waals surface area contributed by atoms with E-state index in [0.29, 0.717) is 41.9 Å². The number of carbonyl (C=O) groups excluding carboxylic acids is 1. The molecule has 3 fully saturated rings. The summed E-state index contributed by atoms with van der Waals surface area (Å²) in [5, 5.41) is 6.93. The minimum absolute atomic E-state index is 0.0799. The van der Waals surface area contributed by atoms with E-state index in [4.69, 9.17) is 9.73 Å². The molecule has 6 rings (SSSR count). The van der Waals surface area contributed by atoms with Gasteiger partial charge in [0.05, 0.1) is 12.2 Å². The van der Waals surface area contributed by atoms with E-state index in [1.54, 1.807) is 0 Å². The lowest BCUT2D eigenvalue weighted by molar-refractivity contribution is -0.0610. The zero-order valence-electron chi connectivity index (χ0n) is 22.3. The highest BCUT2D eigenvalue weighted by molar-refractivity contribution is 5.94. The summed E-state index contributed by atoms with van der Waals surface area (Å²) in [6, 6.07) is 8.78. The molecule has 0 aromatic heterocycles. The topological polar surface area (TPSA) is 62.7 Å². The van der Waals surface area contributed by atoms with E-state index in [1.807, 2.05) is 12.1 Å². The largest absolute Gasteiger partial charge is 0.374 e. The number of allylic oxidation sites excluding steroid dienone is 1. The number of nitrogens with zero attached hydrogens (tertiary/aromatic N) is 1. The summed E-state index contributed by atoms with van der Waals surface area (Å²) in [7, 11) is 0. The van der Waals surface area contributed by atoms with Gasteiger partial charge >= 0.3 is 0 Å². The van der Waals surface area contributed by atoms with Crippen LogP contribution in [0.15, 0.2) is 41.4 Å². The maximum Gasteiger partial charge on any atom is 0.251 e. The lowest BCUT2D eigenvalue weighted by atomic mass is 9.73. The number of benzene rings is 1. The third-order valence-electron chi connectivity index (χ3n) is 9.81. The van der Waals surface area contributed by atoms with Gasteiger partial charge in [0.25, 0.3) is 5.91 Å². The fourth-order valence-electron chi connectivity index (χ4n) is 7.68. The molecule has 0 spiro atoms. The second-order valence-electron chi connectivity index (χ2n) is 12.3. The van der Waals surface area contributed by atoms with Gasteiger partial charge in [-0.15, -0.1) is 0 Å². The van der Waals surface area contributed by atoms with Gasteiger partial charge in [-0.1, -0.05) is 62.8 Å². The number of amides is 1. The van der Waals surface area contributed by atoms with Crippen LogP contribution in [0.1, 0.15) is 105 Å². The van der Waals surface area contributed by atoms with E-state index in [2.05, 4.69) is 41.1 Å². The van der Waals surface area contributed by atoms with Crippen LogP contribution in [-0.2, 0) is 4.74 Å². The number of fused-ring (bicyclic) bond motifs is 1. The molecule has 3 aliphatic carbocycles. The summed E-state index contributed by atoms with van der Waals surface area (Å²) in [6.45, 7) is 0.954. The van der Waals surface area contributed by atoms with Crippen LogP contribution in [0.25, 0.3) is 0 Å². The lowest BCUT2D eigenvalue weighted by Crippen LogP contribution is -2.40. The summed E-state index contributed by atoms with van der Waals surface area (Å²) < 4.78 is 6.74. The van der Waals surface area contributed by atoms with Gasteiger partial charge in [0.15, 0.2) is 0 Å². The van der Waals surface area contributed by atoms with Crippen LogP contribution >= 0.6 is 0 Å². The molecule has 1 amide bonds.